The Hall–Kier alpha value is -0.870. The molecule has 2 fully saturated rings. The highest BCUT2D eigenvalue weighted by molar-refractivity contribution is 5.12. The average Bonchev–Trinajstić information content (AvgIpc) is 2.83. The van der Waals surface area contributed by atoms with E-state index in [0.29, 0.717) is 18.5 Å². The zero-order valence-electron chi connectivity index (χ0n) is 8.80. The molecular weight excluding hydrogens is 190 g/mol. The summed E-state index contributed by atoms with van der Waals surface area (Å²) in [5, 5.41) is 4.39. The minimum atomic E-state index is 0.183. The second kappa shape index (κ2) is 3.61. The summed E-state index contributed by atoms with van der Waals surface area (Å²) in [6.07, 6.45) is 7.88. The van der Waals surface area contributed by atoms with E-state index in [1.165, 1.54) is 18.4 Å². The van der Waals surface area contributed by atoms with Crippen LogP contribution in [0, 0.1) is 5.92 Å². The monoisotopic (exact) mass is 207 g/mol. The van der Waals surface area contributed by atoms with E-state index in [2.05, 4.69) is 16.0 Å². The lowest BCUT2D eigenvalue weighted by atomic mass is 9.98. The third-order valence-electron chi connectivity index (χ3n) is 3.39. The largest absolute Gasteiger partial charge is 0.373 e. The van der Waals surface area contributed by atoms with Gasteiger partial charge in [-0.2, -0.15) is 5.10 Å². The molecule has 1 saturated heterocycles. The van der Waals surface area contributed by atoms with E-state index < -0.39 is 0 Å². The molecule has 2 unspecified atom stereocenters. The molecule has 0 amide bonds. The van der Waals surface area contributed by atoms with Gasteiger partial charge < -0.3 is 10.5 Å². The molecule has 0 radical (unpaired) electrons. The van der Waals surface area contributed by atoms with Crippen molar-refractivity contribution in [2.75, 3.05) is 13.2 Å². The summed E-state index contributed by atoms with van der Waals surface area (Å²) in [7, 11) is 0. The first kappa shape index (κ1) is 9.36. The Bertz CT molecular complexity index is 345. The van der Waals surface area contributed by atoms with Gasteiger partial charge in [-0.25, -0.2) is 0 Å². The molecule has 2 atom stereocenters. The smallest absolute Gasteiger partial charge is 0.0896 e. The van der Waals surface area contributed by atoms with Gasteiger partial charge in [-0.1, -0.05) is 0 Å². The third-order valence-corrected chi connectivity index (χ3v) is 3.39. The first-order valence-electron chi connectivity index (χ1n) is 5.74. The predicted molar refractivity (Wildman–Crippen MR) is 56.4 cm³/mol. The van der Waals surface area contributed by atoms with E-state index in [-0.39, 0.29) is 6.10 Å². The minimum absolute atomic E-state index is 0.183. The normalized spacial score (nSPS) is 31.0. The van der Waals surface area contributed by atoms with Crippen LogP contribution in [0.2, 0.25) is 0 Å². The zero-order valence-corrected chi connectivity index (χ0v) is 8.80. The van der Waals surface area contributed by atoms with E-state index in [1.807, 2.05) is 6.20 Å². The van der Waals surface area contributed by atoms with Crippen molar-refractivity contribution in [1.29, 1.82) is 0 Å². The van der Waals surface area contributed by atoms with Crippen molar-refractivity contribution in [2.45, 2.75) is 31.4 Å². The van der Waals surface area contributed by atoms with Gasteiger partial charge in [-0.15, -0.1) is 0 Å². The van der Waals surface area contributed by atoms with Crippen molar-refractivity contribution in [3.8, 4) is 0 Å². The Kier molecular flexibility index (Phi) is 2.25. The third kappa shape index (κ3) is 1.68. The van der Waals surface area contributed by atoms with Crippen LogP contribution in [0.4, 0.5) is 0 Å². The number of nitrogens with zero attached hydrogens (tertiary/aromatic N) is 2. The summed E-state index contributed by atoms with van der Waals surface area (Å²) in [6, 6.07) is 0.650. The summed E-state index contributed by atoms with van der Waals surface area (Å²) < 4.78 is 7.80. The van der Waals surface area contributed by atoms with Gasteiger partial charge >= 0.3 is 0 Å². The van der Waals surface area contributed by atoms with Crippen LogP contribution in [0.5, 0.6) is 0 Å². The molecule has 1 saturated carbocycles. The van der Waals surface area contributed by atoms with Crippen LogP contribution in [-0.2, 0) is 4.74 Å². The van der Waals surface area contributed by atoms with E-state index in [1.54, 1.807) is 0 Å². The van der Waals surface area contributed by atoms with Crippen LogP contribution in [-0.4, -0.2) is 22.9 Å². The molecule has 0 aromatic carbocycles. The van der Waals surface area contributed by atoms with E-state index in [9.17, 15) is 0 Å². The molecule has 4 nitrogen and oxygen atoms in total. The lowest BCUT2D eigenvalue weighted by Crippen LogP contribution is -2.17. The minimum Gasteiger partial charge on any atom is -0.373 e. The summed E-state index contributed by atoms with van der Waals surface area (Å²) in [5.41, 5.74) is 6.94. The van der Waals surface area contributed by atoms with Gasteiger partial charge in [0.1, 0.15) is 0 Å². The molecule has 82 valence electrons. The van der Waals surface area contributed by atoms with Crippen molar-refractivity contribution in [3.05, 3.63) is 18.0 Å². The Morgan fingerprint density at radius 2 is 2.33 bits per heavy atom. The standard InChI is InChI=1S/C11H17N3O/c12-5-8-3-4-15-11(8)9-6-13-14(7-9)10-1-2-10/h6-8,10-11H,1-5,12H2. The molecule has 2 N–H and O–H groups in total. The maximum Gasteiger partial charge on any atom is 0.0896 e. The highest BCUT2D eigenvalue weighted by atomic mass is 16.5. The molecule has 3 rings (SSSR count). The van der Waals surface area contributed by atoms with E-state index >= 15 is 0 Å². The number of hydrogen-bond acceptors (Lipinski definition) is 3. The number of ether oxygens (including phenoxy) is 1. The first-order chi connectivity index (χ1) is 7.38. The van der Waals surface area contributed by atoms with Crippen molar-refractivity contribution in [3.63, 3.8) is 0 Å². The van der Waals surface area contributed by atoms with Gasteiger partial charge in [-0.3, -0.25) is 4.68 Å². The van der Waals surface area contributed by atoms with Crippen molar-refractivity contribution in [2.24, 2.45) is 11.7 Å². The maximum atomic E-state index is 5.73. The maximum absolute atomic E-state index is 5.73. The first-order valence-corrected chi connectivity index (χ1v) is 5.74. The zero-order chi connectivity index (χ0) is 10.3. The van der Waals surface area contributed by atoms with E-state index in [0.717, 1.165) is 13.0 Å². The quantitative estimate of drug-likeness (QED) is 0.811. The van der Waals surface area contributed by atoms with Gasteiger partial charge in [-0.05, 0) is 25.8 Å². The van der Waals surface area contributed by atoms with Crippen LogP contribution in [0.15, 0.2) is 12.4 Å². The summed E-state index contributed by atoms with van der Waals surface area (Å²) >= 11 is 0. The fourth-order valence-corrected chi connectivity index (χ4v) is 2.28. The molecule has 1 aromatic rings. The molecule has 0 spiro atoms. The Labute approximate surface area is 89.4 Å². The van der Waals surface area contributed by atoms with Gasteiger partial charge in [0.25, 0.3) is 0 Å². The van der Waals surface area contributed by atoms with Gasteiger partial charge in [0.2, 0.25) is 0 Å². The van der Waals surface area contributed by atoms with Gasteiger partial charge in [0.05, 0.1) is 18.3 Å². The molecule has 4 heteroatoms. The van der Waals surface area contributed by atoms with Crippen LogP contribution < -0.4 is 5.73 Å². The highest BCUT2D eigenvalue weighted by Gasteiger charge is 2.31. The van der Waals surface area contributed by atoms with Gasteiger partial charge in [0, 0.05) is 24.3 Å². The van der Waals surface area contributed by atoms with Crippen molar-refractivity contribution < 1.29 is 4.74 Å². The molecule has 0 bridgehead atoms. The lowest BCUT2D eigenvalue weighted by Gasteiger charge is -2.14. The topological polar surface area (TPSA) is 53.1 Å². The Morgan fingerprint density at radius 1 is 1.47 bits per heavy atom. The summed E-state index contributed by atoms with van der Waals surface area (Å²) in [5.74, 6) is 0.474. The van der Waals surface area contributed by atoms with Crippen molar-refractivity contribution in [1.82, 2.24) is 9.78 Å². The van der Waals surface area contributed by atoms with Crippen molar-refractivity contribution >= 4 is 0 Å². The number of hydrogen-bond donors (Lipinski definition) is 1. The molecule has 1 aromatic heterocycles. The predicted octanol–water partition coefficient (Wildman–Crippen LogP) is 1.25. The Morgan fingerprint density at radius 3 is 3.07 bits per heavy atom. The molecule has 2 heterocycles. The van der Waals surface area contributed by atoms with Crippen LogP contribution in [0.3, 0.4) is 0 Å². The number of rotatable bonds is 3. The summed E-state index contributed by atoms with van der Waals surface area (Å²) in [4.78, 5) is 0. The molecule has 1 aliphatic heterocycles. The molecular formula is C11H17N3O. The summed E-state index contributed by atoms with van der Waals surface area (Å²) in [6.45, 7) is 1.54. The lowest BCUT2D eigenvalue weighted by molar-refractivity contribution is 0.0924. The SMILES string of the molecule is NCC1CCOC1c1cnn(C2CC2)c1. The Balaban J connectivity index is 1.78. The van der Waals surface area contributed by atoms with E-state index in [4.69, 9.17) is 10.5 Å². The second-order valence-electron chi connectivity index (χ2n) is 4.56. The van der Waals surface area contributed by atoms with Crippen LogP contribution >= 0.6 is 0 Å². The highest BCUT2D eigenvalue weighted by Crippen LogP contribution is 2.37. The molecule has 15 heavy (non-hydrogen) atoms. The van der Waals surface area contributed by atoms with Crippen LogP contribution in [0.1, 0.15) is 37.0 Å². The molecule has 1 aliphatic carbocycles. The van der Waals surface area contributed by atoms with Gasteiger partial charge in [0.15, 0.2) is 0 Å². The fourth-order valence-electron chi connectivity index (χ4n) is 2.28. The second-order valence-corrected chi connectivity index (χ2v) is 4.56. The van der Waals surface area contributed by atoms with Crippen LogP contribution in [0.25, 0.3) is 0 Å². The molecule has 2 aliphatic rings. The number of nitrogens with two attached hydrogens (primary N) is 1. The number of aromatic nitrogens is 2. The fraction of sp³-hybridized carbons (Fsp3) is 0.727. The average molecular weight is 207 g/mol.